The summed E-state index contributed by atoms with van der Waals surface area (Å²) in [4.78, 5) is 20.6. The number of sulfone groups is 1. The highest BCUT2D eigenvalue weighted by molar-refractivity contribution is 7.91. The molecule has 0 amide bonds. The van der Waals surface area contributed by atoms with E-state index in [2.05, 4.69) is 53.3 Å². The minimum Gasteiger partial charge on any atom is -0.488 e. The fourth-order valence-corrected chi connectivity index (χ4v) is 8.02. The van der Waals surface area contributed by atoms with Crippen LogP contribution in [0, 0.1) is 31.6 Å². The van der Waals surface area contributed by atoms with Crippen molar-refractivity contribution in [3.05, 3.63) is 64.0 Å². The van der Waals surface area contributed by atoms with Crippen LogP contribution in [0.5, 0.6) is 5.75 Å². The molecule has 3 heterocycles. The first-order chi connectivity index (χ1) is 18.7. The third kappa shape index (κ3) is 5.55. The molecule has 8 nitrogen and oxygen atoms in total. The third-order valence-corrected chi connectivity index (χ3v) is 10.8. The van der Waals surface area contributed by atoms with E-state index in [1.165, 1.54) is 5.56 Å². The Kier molecular flexibility index (Phi) is 6.89. The zero-order chi connectivity index (χ0) is 27.3. The van der Waals surface area contributed by atoms with Crippen LogP contribution in [0.3, 0.4) is 0 Å². The fraction of sp³-hybridized carbons (Fsp3) is 0.448. The maximum absolute atomic E-state index is 11.7. The second-order valence-electron chi connectivity index (χ2n) is 11.1. The molecule has 2 aromatic carbocycles. The van der Waals surface area contributed by atoms with Crippen LogP contribution in [-0.4, -0.2) is 67.1 Å². The standard InChI is InChI=1S/C29H33N3O5S2/c1-18-3-6-26(22(11-18)25-17-38-29(30-25)32-14-23-24(15-32)27(23)28(33)34)37-16-21-5-4-20(12-19(21)2)13-31-7-9-39(35,36)10-8-31/h3-6,11-12,17,23-24,27H,7-10,13-16H2,1-2H3,(H,33,34)/t23-,24+,27-. The Morgan fingerprint density at radius 1 is 1.10 bits per heavy atom. The lowest BCUT2D eigenvalue weighted by Gasteiger charge is -2.26. The van der Waals surface area contributed by atoms with E-state index in [4.69, 9.17) is 9.72 Å². The quantitative estimate of drug-likeness (QED) is 0.436. The van der Waals surface area contributed by atoms with Gasteiger partial charge in [0.15, 0.2) is 15.0 Å². The minimum atomic E-state index is -2.88. The van der Waals surface area contributed by atoms with E-state index >= 15 is 0 Å². The average molecular weight is 568 g/mol. The summed E-state index contributed by atoms with van der Waals surface area (Å²) in [5.41, 5.74) is 6.39. The molecule has 10 heteroatoms. The van der Waals surface area contributed by atoms with Gasteiger partial charge in [0, 0.05) is 43.7 Å². The third-order valence-electron chi connectivity index (χ3n) is 8.29. The molecule has 1 aliphatic carbocycles. The summed E-state index contributed by atoms with van der Waals surface area (Å²) >= 11 is 1.60. The number of carboxylic acid groups (broad SMARTS) is 1. The van der Waals surface area contributed by atoms with Crippen LogP contribution < -0.4 is 9.64 Å². The van der Waals surface area contributed by atoms with Gasteiger partial charge in [-0.3, -0.25) is 9.69 Å². The number of rotatable bonds is 8. The predicted molar refractivity (Wildman–Crippen MR) is 152 cm³/mol. The lowest BCUT2D eigenvalue weighted by Crippen LogP contribution is -2.39. The second kappa shape index (κ2) is 10.2. The zero-order valence-electron chi connectivity index (χ0n) is 22.2. The molecule has 3 aromatic rings. The lowest BCUT2D eigenvalue weighted by molar-refractivity contribution is -0.139. The molecule has 0 spiro atoms. The van der Waals surface area contributed by atoms with Crippen molar-refractivity contribution in [3.8, 4) is 17.0 Å². The molecule has 0 radical (unpaired) electrons. The smallest absolute Gasteiger partial charge is 0.307 e. The highest BCUT2D eigenvalue weighted by Crippen LogP contribution is 2.53. The van der Waals surface area contributed by atoms with Gasteiger partial charge >= 0.3 is 5.97 Å². The molecule has 2 aliphatic heterocycles. The molecule has 206 valence electrons. The van der Waals surface area contributed by atoms with E-state index in [1.54, 1.807) is 11.3 Å². The number of aliphatic carboxylic acids is 1. The van der Waals surface area contributed by atoms with Gasteiger partial charge in [0.2, 0.25) is 0 Å². The van der Waals surface area contributed by atoms with Crippen LogP contribution in [0.4, 0.5) is 5.13 Å². The lowest BCUT2D eigenvalue weighted by atomic mass is 10.0. The molecular formula is C29H33N3O5S2. The van der Waals surface area contributed by atoms with Crippen molar-refractivity contribution >= 4 is 32.3 Å². The normalized spacial score (nSPS) is 23.9. The molecule has 3 fully saturated rings. The van der Waals surface area contributed by atoms with Crippen LogP contribution in [0.25, 0.3) is 11.3 Å². The summed E-state index contributed by atoms with van der Waals surface area (Å²) in [7, 11) is -2.88. The Balaban J connectivity index is 1.11. The van der Waals surface area contributed by atoms with Gasteiger partial charge < -0.3 is 14.7 Å². The Morgan fingerprint density at radius 2 is 1.85 bits per heavy atom. The number of hydrogen-bond donors (Lipinski definition) is 1. The van der Waals surface area contributed by atoms with Crippen LogP contribution in [0.1, 0.15) is 22.3 Å². The van der Waals surface area contributed by atoms with Gasteiger partial charge in [-0.2, -0.15) is 0 Å². The number of ether oxygens (including phenoxy) is 1. The number of aromatic nitrogens is 1. The SMILES string of the molecule is Cc1ccc(OCc2ccc(CN3CCS(=O)(=O)CC3)cc2C)c(-c2csc(N3C[C@@H]4[C@H](C3)[C@@H]4C(=O)O)n2)c1. The van der Waals surface area contributed by atoms with Gasteiger partial charge in [-0.15, -0.1) is 11.3 Å². The van der Waals surface area contributed by atoms with Gasteiger partial charge in [-0.1, -0.05) is 29.8 Å². The number of carbonyl (C=O) groups is 1. The van der Waals surface area contributed by atoms with E-state index in [0.29, 0.717) is 19.7 Å². The van der Waals surface area contributed by atoms with Crippen molar-refractivity contribution in [2.45, 2.75) is 27.0 Å². The van der Waals surface area contributed by atoms with E-state index in [1.807, 2.05) is 12.1 Å². The number of benzene rings is 2. The first kappa shape index (κ1) is 26.3. The Labute approximate surface area is 233 Å². The first-order valence-electron chi connectivity index (χ1n) is 13.4. The average Bonchev–Trinajstić information content (AvgIpc) is 3.21. The Hall–Kier alpha value is -2.95. The van der Waals surface area contributed by atoms with Gasteiger partial charge in [0.05, 0.1) is 23.1 Å². The number of thiazole rings is 1. The molecule has 0 unspecified atom stereocenters. The Bertz CT molecular complexity index is 1490. The number of anilines is 1. The predicted octanol–water partition coefficient (Wildman–Crippen LogP) is 4.00. The molecule has 1 saturated carbocycles. The number of carboxylic acids is 1. The van der Waals surface area contributed by atoms with Crippen molar-refractivity contribution in [1.29, 1.82) is 0 Å². The molecule has 6 rings (SSSR count). The zero-order valence-corrected chi connectivity index (χ0v) is 23.8. The van der Waals surface area contributed by atoms with Gasteiger partial charge in [-0.25, -0.2) is 13.4 Å². The first-order valence-corrected chi connectivity index (χ1v) is 16.1. The highest BCUT2D eigenvalue weighted by atomic mass is 32.2. The van der Waals surface area contributed by atoms with E-state index in [0.717, 1.165) is 58.5 Å². The monoisotopic (exact) mass is 567 g/mol. The maximum Gasteiger partial charge on any atom is 0.307 e. The molecule has 3 aliphatic rings. The van der Waals surface area contributed by atoms with Crippen molar-refractivity contribution in [3.63, 3.8) is 0 Å². The van der Waals surface area contributed by atoms with Crippen LogP contribution >= 0.6 is 11.3 Å². The summed E-state index contributed by atoms with van der Waals surface area (Å²) in [6.07, 6.45) is 0. The van der Waals surface area contributed by atoms with Crippen molar-refractivity contribution in [2.75, 3.05) is 42.6 Å². The topological polar surface area (TPSA) is 100 Å². The van der Waals surface area contributed by atoms with Crippen LogP contribution in [0.15, 0.2) is 41.8 Å². The summed E-state index contributed by atoms with van der Waals surface area (Å²) in [5, 5.41) is 12.3. The van der Waals surface area contributed by atoms with E-state index < -0.39 is 15.8 Å². The summed E-state index contributed by atoms with van der Waals surface area (Å²) in [5.74, 6) is 0.903. The summed E-state index contributed by atoms with van der Waals surface area (Å²) in [6.45, 7) is 8.03. The molecule has 1 aromatic heterocycles. The number of nitrogens with zero attached hydrogens (tertiary/aromatic N) is 3. The number of hydrogen-bond acceptors (Lipinski definition) is 8. The van der Waals surface area contributed by atoms with Gasteiger partial charge in [0.25, 0.3) is 0 Å². The number of aryl methyl sites for hydroxylation is 2. The molecular weight excluding hydrogens is 534 g/mol. The fourth-order valence-electron chi connectivity index (χ4n) is 5.89. The van der Waals surface area contributed by atoms with E-state index in [9.17, 15) is 18.3 Å². The van der Waals surface area contributed by atoms with Crippen molar-refractivity contribution in [2.24, 2.45) is 17.8 Å². The van der Waals surface area contributed by atoms with Crippen LogP contribution in [-0.2, 0) is 27.8 Å². The van der Waals surface area contributed by atoms with Gasteiger partial charge in [0.1, 0.15) is 12.4 Å². The minimum absolute atomic E-state index is 0.182. The van der Waals surface area contributed by atoms with E-state index in [-0.39, 0.29) is 29.3 Å². The molecule has 2 saturated heterocycles. The molecule has 0 bridgehead atoms. The highest BCUT2D eigenvalue weighted by Gasteiger charge is 2.60. The summed E-state index contributed by atoms with van der Waals surface area (Å²) < 4.78 is 29.8. The molecule has 39 heavy (non-hydrogen) atoms. The van der Waals surface area contributed by atoms with Crippen molar-refractivity contribution < 1.29 is 23.1 Å². The number of fused-ring (bicyclic) bond motifs is 1. The molecule has 3 atom stereocenters. The Morgan fingerprint density at radius 3 is 2.54 bits per heavy atom. The molecule has 1 N–H and O–H groups in total. The van der Waals surface area contributed by atoms with Crippen molar-refractivity contribution in [1.82, 2.24) is 9.88 Å². The number of piperidine rings is 1. The second-order valence-corrected chi connectivity index (χ2v) is 14.2. The maximum atomic E-state index is 11.7. The van der Waals surface area contributed by atoms with Gasteiger partial charge in [-0.05, 0) is 54.5 Å². The largest absolute Gasteiger partial charge is 0.488 e. The summed E-state index contributed by atoms with van der Waals surface area (Å²) in [6, 6.07) is 12.5. The van der Waals surface area contributed by atoms with Crippen LogP contribution in [0.2, 0.25) is 0 Å².